The number of H-pyrrole nitrogens is 1. The second-order valence-corrected chi connectivity index (χ2v) is 10.5. The van der Waals surface area contributed by atoms with Gasteiger partial charge in [0.15, 0.2) is 5.16 Å². The Kier molecular flexibility index (Phi) is 5.95. The third-order valence-electron chi connectivity index (χ3n) is 5.61. The summed E-state index contributed by atoms with van der Waals surface area (Å²) in [6, 6.07) is 12.3. The molecule has 0 spiro atoms. The molecular formula is C22H23N5O4S2. The van der Waals surface area contributed by atoms with Crippen molar-refractivity contribution in [3.63, 3.8) is 0 Å². The maximum atomic E-state index is 13.0. The van der Waals surface area contributed by atoms with E-state index in [1.165, 1.54) is 16.1 Å². The lowest BCUT2D eigenvalue weighted by Gasteiger charge is -2.26. The number of aromatic nitrogens is 4. The first kappa shape index (κ1) is 22.1. The van der Waals surface area contributed by atoms with Crippen LogP contribution in [0.4, 0.5) is 0 Å². The Morgan fingerprint density at radius 1 is 1.09 bits per heavy atom. The van der Waals surface area contributed by atoms with Crippen molar-refractivity contribution in [2.45, 2.75) is 29.3 Å². The molecule has 1 aliphatic heterocycles. The van der Waals surface area contributed by atoms with Gasteiger partial charge in [0.2, 0.25) is 10.0 Å². The number of morpholine rings is 1. The highest BCUT2D eigenvalue weighted by Crippen LogP contribution is 2.28. The average molecular weight is 486 g/mol. The van der Waals surface area contributed by atoms with Crippen LogP contribution in [-0.4, -0.2) is 58.5 Å². The van der Waals surface area contributed by atoms with Gasteiger partial charge in [0.05, 0.1) is 45.8 Å². The van der Waals surface area contributed by atoms with Crippen LogP contribution in [0, 0.1) is 0 Å². The van der Waals surface area contributed by atoms with Crippen LogP contribution in [0.5, 0.6) is 0 Å². The highest BCUT2D eigenvalue weighted by molar-refractivity contribution is 7.98. The number of para-hydroxylation sites is 1. The van der Waals surface area contributed by atoms with Crippen molar-refractivity contribution in [2.24, 2.45) is 0 Å². The zero-order valence-electron chi connectivity index (χ0n) is 18.0. The predicted octanol–water partition coefficient (Wildman–Crippen LogP) is 2.61. The number of aryl methyl sites for hydroxylation is 1. The van der Waals surface area contributed by atoms with Crippen LogP contribution in [0.15, 0.2) is 57.3 Å². The molecule has 9 nitrogen and oxygen atoms in total. The van der Waals surface area contributed by atoms with E-state index in [1.807, 2.05) is 29.7 Å². The second-order valence-electron chi connectivity index (χ2n) is 7.62. The van der Waals surface area contributed by atoms with E-state index in [4.69, 9.17) is 9.72 Å². The number of thioether (sulfide) groups is 1. The van der Waals surface area contributed by atoms with Crippen LogP contribution in [0.1, 0.15) is 12.7 Å². The summed E-state index contributed by atoms with van der Waals surface area (Å²) < 4.78 is 34.8. The second kappa shape index (κ2) is 8.90. The molecule has 0 bridgehead atoms. The zero-order valence-corrected chi connectivity index (χ0v) is 19.7. The highest BCUT2D eigenvalue weighted by Gasteiger charge is 2.27. The van der Waals surface area contributed by atoms with Gasteiger partial charge >= 0.3 is 0 Å². The fourth-order valence-corrected chi connectivity index (χ4v) is 6.31. The normalized spacial score (nSPS) is 15.4. The quantitative estimate of drug-likeness (QED) is 0.418. The van der Waals surface area contributed by atoms with Gasteiger partial charge in [-0.15, -0.1) is 0 Å². The minimum absolute atomic E-state index is 0.168. The van der Waals surface area contributed by atoms with Crippen molar-refractivity contribution < 1.29 is 13.2 Å². The van der Waals surface area contributed by atoms with Gasteiger partial charge in [-0.2, -0.15) is 4.31 Å². The van der Waals surface area contributed by atoms with Gasteiger partial charge in [-0.25, -0.2) is 18.4 Å². The van der Waals surface area contributed by atoms with Gasteiger partial charge in [-0.3, -0.25) is 4.79 Å². The monoisotopic (exact) mass is 485 g/mol. The van der Waals surface area contributed by atoms with Crippen LogP contribution in [0.2, 0.25) is 0 Å². The predicted molar refractivity (Wildman–Crippen MR) is 127 cm³/mol. The number of benzene rings is 2. The molecule has 0 saturated carbocycles. The van der Waals surface area contributed by atoms with Gasteiger partial charge in [-0.05, 0) is 37.3 Å². The van der Waals surface area contributed by atoms with E-state index in [-0.39, 0.29) is 10.5 Å². The van der Waals surface area contributed by atoms with Gasteiger partial charge < -0.3 is 14.3 Å². The fourth-order valence-electron chi connectivity index (χ4n) is 3.94. The van der Waals surface area contributed by atoms with Crippen LogP contribution in [-0.2, 0) is 27.1 Å². The van der Waals surface area contributed by atoms with Crippen molar-refractivity contribution >= 4 is 43.7 Å². The molecule has 3 heterocycles. The molecule has 11 heteroatoms. The van der Waals surface area contributed by atoms with E-state index < -0.39 is 10.0 Å². The number of aromatic amines is 1. The molecule has 2 aromatic heterocycles. The summed E-state index contributed by atoms with van der Waals surface area (Å²) in [6.45, 7) is 4.19. The van der Waals surface area contributed by atoms with Crippen molar-refractivity contribution in [3.8, 4) is 0 Å². The standard InChI is InChI=1S/C22H23N5O4S2/c1-2-27-19-8-7-15(33(29,30)26-9-11-31-12-10-26)13-18(19)24-22(27)32-14-20-23-17-6-4-3-5-16(17)21(28)25-20/h3-8,13H,2,9-12,14H2,1H3,(H,23,25,28). The molecule has 1 saturated heterocycles. The van der Waals surface area contributed by atoms with Crippen LogP contribution < -0.4 is 5.56 Å². The molecule has 0 atom stereocenters. The molecule has 1 fully saturated rings. The number of hydrogen-bond donors (Lipinski definition) is 1. The molecule has 0 radical (unpaired) electrons. The summed E-state index contributed by atoms with van der Waals surface area (Å²) in [5.41, 5.74) is 1.96. The van der Waals surface area contributed by atoms with E-state index in [2.05, 4.69) is 9.97 Å². The molecule has 5 rings (SSSR count). The Hall–Kier alpha value is -2.73. The summed E-state index contributed by atoms with van der Waals surface area (Å²) in [6.07, 6.45) is 0. The largest absolute Gasteiger partial charge is 0.379 e. The van der Waals surface area contributed by atoms with E-state index in [9.17, 15) is 13.2 Å². The van der Waals surface area contributed by atoms with Gasteiger partial charge in [0.25, 0.3) is 5.56 Å². The minimum atomic E-state index is -3.60. The number of imidazole rings is 1. The number of nitrogens with zero attached hydrogens (tertiary/aromatic N) is 4. The molecule has 4 aromatic rings. The van der Waals surface area contributed by atoms with Gasteiger partial charge in [-0.1, -0.05) is 23.9 Å². The molecule has 0 unspecified atom stereocenters. The Morgan fingerprint density at radius 3 is 2.67 bits per heavy atom. The van der Waals surface area contributed by atoms with Crippen molar-refractivity contribution in [3.05, 3.63) is 58.6 Å². The first-order valence-electron chi connectivity index (χ1n) is 10.7. The third-order valence-corrected chi connectivity index (χ3v) is 8.49. The fraction of sp³-hybridized carbons (Fsp3) is 0.318. The Bertz CT molecular complexity index is 1490. The SMILES string of the molecule is CCn1c(SCc2nc3ccccc3c(=O)[nH]2)nc2cc(S(=O)(=O)N3CCOCC3)ccc21. The molecule has 33 heavy (non-hydrogen) atoms. The molecule has 0 aliphatic carbocycles. The van der Waals surface area contributed by atoms with Crippen LogP contribution in [0.25, 0.3) is 21.9 Å². The van der Waals surface area contributed by atoms with Crippen LogP contribution >= 0.6 is 11.8 Å². The average Bonchev–Trinajstić information content (AvgIpc) is 3.20. The summed E-state index contributed by atoms with van der Waals surface area (Å²) in [5.74, 6) is 0.997. The topological polar surface area (TPSA) is 110 Å². The first-order valence-corrected chi connectivity index (χ1v) is 13.1. The Labute approximate surface area is 194 Å². The summed E-state index contributed by atoms with van der Waals surface area (Å²) in [7, 11) is -3.60. The van der Waals surface area contributed by atoms with E-state index in [0.29, 0.717) is 60.8 Å². The lowest BCUT2D eigenvalue weighted by atomic mass is 10.2. The summed E-state index contributed by atoms with van der Waals surface area (Å²) in [5, 5.41) is 1.30. The van der Waals surface area contributed by atoms with Crippen molar-refractivity contribution in [2.75, 3.05) is 26.3 Å². The number of ether oxygens (including phenoxy) is 1. The smallest absolute Gasteiger partial charge is 0.258 e. The third kappa shape index (κ3) is 4.17. The summed E-state index contributed by atoms with van der Waals surface area (Å²) in [4.78, 5) is 24.7. The number of rotatable bonds is 6. The number of hydrogen-bond acceptors (Lipinski definition) is 7. The number of sulfonamides is 1. The Morgan fingerprint density at radius 2 is 1.88 bits per heavy atom. The number of fused-ring (bicyclic) bond motifs is 2. The van der Waals surface area contributed by atoms with E-state index >= 15 is 0 Å². The van der Waals surface area contributed by atoms with Crippen LogP contribution in [0.3, 0.4) is 0 Å². The molecule has 1 N–H and O–H groups in total. The Balaban J connectivity index is 1.44. The highest BCUT2D eigenvalue weighted by atomic mass is 32.2. The summed E-state index contributed by atoms with van der Waals surface area (Å²) >= 11 is 1.45. The molecule has 172 valence electrons. The molecule has 0 amide bonds. The maximum Gasteiger partial charge on any atom is 0.258 e. The maximum absolute atomic E-state index is 13.0. The van der Waals surface area contributed by atoms with Gasteiger partial charge in [0.1, 0.15) is 5.82 Å². The molecular weight excluding hydrogens is 462 g/mol. The lowest BCUT2D eigenvalue weighted by Crippen LogP contribution is -2.40. The van der Waals surface area contributed by atoms with E-state index in [0.717, 1.165) is 10.7 Å². The molecule has 2 aromatic carbocycles. The van der Waals surface area contributed by atoms with Crippen molar-refractivity contribution in [1.29, 1.82) is 0 Å². The van der Waals surface area contributed by atoms with Crippen molar-refractivity contribution in [1.82, 2.24) is 23.8 Å². The zero-order chi connectivity index (χ0) is 23.0. The lowest BCUT2D eigenvalue weighted by molar-refractivity contribution is 0.0730. The van der Waals surface area contributed by atoms with Gasteiger partial charge in [0, 0.05) is 19.6 Å². The minimum Gasteiger partial charge on any atom is -0.379 e. The number of nitrogens with one attached hydrogen (secondary N) is 1. The first-order chi connectivity index (χ1) is 16.0. The molecule has 1 aliphatic rings. The van der Waals surface area contributed by atoms with E-state index in [1.54, 1.807) is 24.3 Å².